The zero-order valence-corrected chi connectivity index (χ0v) is 12.0. The van der Waals surface area contributed by atoms with Crippen LogP contribution in [-0.4, -0.2) is 31.0 Å². The van der Waals surface area contributed by atoms with Gasteiger partial charge in [0.2, 0.25) is 5.91 Å². The number of rotatable bonds is 5. The van der Waals surface area contributed by atoms with Crippen molar-refractivity contribution >= 4 is 12.2 Å². The van der Waals surface area contributed by atoms with Crippen molar-refractivity contribution < 1.29 is 19.4 Å². The Morgan fingerprint density at radius 1 is 1.38 bits per heavy atom. The smallest absolute Gasteiger partial charge is 0.247 e. The number of ether oxygens (including phenoxy) is 1. The molecule has 0 unspecified atom stereocenters. The molecule has 2 rings (SSSR count). The summed E-state index contributed by atoms with van der Waals surface area (Å²) < 4.78 is 5.64. The topological polar surface area (TPSA) is 75.6 Å². The van der Waals surface area contributed by atoms with Gasteiger partial charge in [0.25, 0.3) is 0 Å². The molecule has 2 N–H and O–H groups in total. The first kappa shape index (κ1) is 15.1. The van der Waals surface area contributed by atoms with Crippen LogP contribution < -0.4 is 10.1 Å². The van der Waals surface area contributed by atoms with Crippen LogP contribution in [0.25, 0.3) is 0 Å². The number of carbonyl (C=O) groups excluding carboxylic acids is 2. The molecule has 112 valence electrons. The highest BCUT2D eigenvalue weighted by Crippen LogP contribution is 2.29. The van der Waals surface area contributed by atoms with E-state index in [1.165, 1.54) is 6.07 Å². The van der Waals surface area contributed by atoms with E-state index in [1.54, 1.807) is 19.2 Å². The molecule has 0 saturated heterocycles. The molecule has 0 spiro atoms. The molecule has 0 bridgehead atoms. The van der Waals surface area contributed by atoms with Crippen LogP contribution in [0, 0.1) is 0 Å². The maximum atomic E-state index is 11.8. The van der Waals surface area contributed by atoms with Gasteiger partial charge in [0.1, 0.15) is 18.1 Å². The fraction of sp³-hybridized carbons (Fsp3) is 0.375. The molecular formula is C16H19NO4. The van der Waals surface area contributed by atoms with Gasteiger partial charge in [0.15, 0.2) is 6.29 Å². The number of amides is 1. The Kier molecular flexibility index (Phi) is 4.98. The number of aldehydes is 1. The molecular weight excluding hydrogens is 270 g/mol. The molecule has 0 saturated carbocycles. The molecule has 21 heavy (non-hydrogen) atoms. The Balaban J connectivity index is 2.18. The van der Waals surface area contributed by atoms with Crippen molar-refractivity contribution in [3.05, 3.63) is 34.9 Å². The summed E-state index contributed by atoms with van der Waals surface area (Å²) >= 11 is 0. The van der Waals surface area contributed by atoms with Crippen LogP contribution in [-0.2, 0) is 4.79 Å². The monoisotopic (exact) mass is 289 g/mol. The zero-order chi connectivity index (χ0) is 15.2. The second kappa shape index (κ2) is 6.92. The Hall–Kier alpha value is -2.30. The van der Waals surface area contributed by atoms with E-state index in [2.05, 4.69) is 5.32 Å². The van der Waals surface area contributed by atoms with E-state index in [0.29, 0.717) is 12.0 Å². The minimum Gasteiger partial charge on any atom is -0.507 e. The van der Waals surface area contributed by atoms with Crippen molar-refractivity contribution in [1.82, 2.24) is 5.32 Å². The van der Waals surface area contributed by atoms with Gasteiger partial charge in [0.05, 0.1) is 5.56 Å². The highest BCUT2D eigenvalue weighted by molar-refractivity contribution is 5.94. The molecule has 0 heterocycles. The molecule has 0 aliphatic heterocycles. The lowest BCUT2D eigenvalue weighted by molar-refractivity contribution is -0.117. The summed E-state index contributed by atoms with van der Waals surface area (Å²) in [4.78, 5) is 22.8. The molecule has 0 fully saturated rings. The Bertz CT molecular complexity index is 578. The van der Waals surface area contributed by atoms with Crippen LogP contribution in [0.2, 0.25) is 0 Å². The third-order valence-corrected chi connectivity index (χ3v) is 3.65. The summed E-state index contributed by atoms with van der Waals surface area (Å²) in [5, 5.41) is 12.3. The van der Waals surface area contributed by atoms with Gasteiger partial charge >= 0.3 is 0 Å². The maximum Gasteiger partial charge on any atom is 0.247 e. The second-order valence-corrected chi connectivity index (χ2v) is 4.96. The average molecular weight is 289 g/mol. The molecule has 1 aliphatic rings. The largest absolute Gasteiger partial charge is 0.507 e. The fourth-order valence-corrected chi connectivity index (χ4v) is 2.49. The van der Waals surface area contributed by atoms with Gasteiger partial charge in [-0.2, -0.15) is 0 Å². The number of benzene rings is 1. The zero-order valence-electron chi connectivity index (χ0n) is 12.0. The Labute approximate surface area is 123 Å². The predicted octanol–water partition coefficient (Wildman–Crippen LogP) is 2.20. The van der Waals surface area contributed by atoms with Crippen molar-refractivity contribution in [2.75, 3.05) is 13.7 Å². The fourth-order valence-electron chi connectivity index (χ4n) is 2.49. The van der Waals surface area contributed by atoms with E-state index in [-0.39, 0.29) is 23.8 Å². The van der Waals surface area contributed by atoms with Crippen molar-refractivity contribution in [2.24, 2.45) is 0 Å². The lowest BCUT2D eigenvalue weighted by Crippen LogP contribution is -2.24. The van der Waals surface area contributed by atoms with Crippen LogP contribution in [0.4, 0.5) is 0 Å². The van der Waals surface area contributed by atoms with Crippen molar-refractivity contribution in [2.45, 2.75) is 25.7 Å². The summed E-state index contributed by atoms with van der Waals surface area (Å²) in [5.41, 5.74) is 1.87. The van der Waals surface area contributed by atoms with Gasteiger partial charge in [-0.05, 0) is 43.4 Å². The van der Waals surface area contributed by atoms with Crippen LogP contribution >= 0.6 is 0 Å². The standard InChI is InChI=1S/C16H19NO4/c1-17-16(20)12-6-3-2-5-11(12)10-21-15-8-4-7-14(19)13(15)9-18/h4,7-9,19H,2-3,5-6,10H2,1H3,(H,17,20). The van der Waals surface area contributed by atoms with E-state index in [4.69, 9.17) is 4.74 Å². The first-order chi connectivity index (χ1) is 10.2. The van der Waals surface area contributed by atoms with Crippen molar-refractivity contribution in [3.8, 4) is 11.5 Å². The SMILES string of the molecule is CNC(=O)C1=C(COc2cccc(O)c2C=O)CCCC1. The Morgan fingerprint density at radius 2 is 2.14 bits per heavy atom. The molecule has 5 nitrogen and oxygen atoms in total. The first-order valence-corrected chi connectivity index (χ1v) is 7.00. The number of nitrogens with one attached hydrogen (secondary N) is 1. The molecule has 0 atom stereocenters. The van der Waals surface area contributed by atoms with Gasteiger partial charge in [-0.25, -0.2) is 0 Å². The Morgan fingerprint density at radius 3 is 2.86 bits per heavy atom. The third kappa shape index (κ3) is 3.42. The molecule has 0 radical (unpaired) electrons. The minimum absolute atomic E-state index is 0.0696. The highest BCUT2D eigenvalue weighted by Gasteiger charge is 2.19. The first-order valence-electron chi connectivity index (χ1n) is 7.00. The van der Waals surface area contributed by atoms with Crippen molar-refractivity contribution in [3.63, 3.8) is 0 Å². The predicted molar refractivity (Wildman–Crippen MR) is 78.6 cm³/mol. The van der Waals surface area contributed by atoms with Gasteiger partial charge in [-0.1, -0.05) is 6.07 Å². The normalized spacial score (nSPS) is 14.7. The molecule has 5 heteroatoms. The van der Waals surface area contributed by atoms with E-state index in [0.717, 1.165) is 36.8 Å². The lowest BCUT2D eigenvalue weighted by atomic mass is 9.91. The molecule has 0 aromatic heterocycles. The quantitative estimate of drug-likeness (QED) is 0.815. The van der Waals surface area contributed by atoms with Gasteiger partial charge in [0, 0.05) is 12.6 Å². The van der Waals surface area contributed by atoms with Crippen molar-refractivity contribution in [1.29, 1.82) is 0 Å². The van der Waals surface area contributed by atoms with Crippen LogP contribution in [0.15, 0.2) is 29.3 Å². The van der Waals surface area contributed by atoms with Gasteiger partial charge < -0.3 is 15.2 Å². The third-order valence-electron chi connectivity index (χ3n) is 3.65. The summed E-state index contributed by atoms with van der Waals surface area (Å²) in [6.07, 6.45) is 4.16. The second-order valence-electron chi connectivity index (χ2n) is 4.96. The summed E-state index contributed by atoms with van der Waals surface area (Å²) in [5.74, 6) is 0.158. The molecule has 1 amide bonds. The highest BCUT2D eigenvalue weighted by atomic mass is 16.5. The summed E-state index contributed by atoms with van der Waals surface area (Å²) in [7, 11) is 1.61. The van der Waals surface area contributed by atoms with Crippen LogP contribution in [0.3, 0.4) is 0 Å². The van der Waals surface area contributed by atoms with E-state index in [9.17, 15) is 14.7 Å². The number of phenolic OH excluding ortho intramolecular Hbond substituents is 1. The summed E-state index contributed by atoms with van der Waals surface area (Å²) in [6.45, 7) is 0.257. The average Bonchev–Trinajstić information content (AvgIpc) is 2.52. The number of likely N-dealkylation sites (N-methyl/N-ethyl adjacent to an activating group) is 1. The number of hydrogen-bond acceptors (Lipinski definition) is 4. The maximum absolute atomic E-state index is 11.8. The molecule has 1 aromatic rings. The number of phenols is 1. The lowest BCUT2D eigenvalue weighted by Gasteiger charge is -2.20. The number of hydrogen-bond donors (Lipinski definition) is 2. The van der Waals surface area contributed by atoms with E-state index >= 15 is 0 Å². The summed E-state index contributed by atoms with van der Waals surface area (Å²) in [6, 6.07) is 4.69. The van der Waals surface area contributed by atoms with E-state index < -0.39 is 0 Å². The molecule has 1 aromatic carbocycles. The van der Waals surface area contributed by atoms with E-state index in [1.807, 2.05) is 0 Å². The molecule has 1 aliphatic carbocycles. The van der Waals surface area contributed by atoms with Gasteiger partial charge in [-0.3, -0.25) is 9.59 Å². The van der Waals surface area contributed by atoms with Crippen LogP contribution in [0.5, 0.6) is 11.5 Å². The number of carbonyl (C=O) groups is 2. The number of aromatic hydroxyl groups is 1. The van der Waals surface area contributed by atoms with Gasteiger partial charge in [-0.15, -0.1) is 0 Å². The van der Waals surface area contributed by atoms with Crippen LogP contribution in [0.1, 0.15) is 36.0 Å². The minimum atomic E-state index is -0.105.